The molecule has 84 valence electrons. The van der Waals surface area contributed by atoms with Gasteiger partial charge < -0.3 is 4.90 Å². The van der Waals surface area contributed by atoms with Crippen molar-refractivity contribution in [1.82, 2.24) is 4.90 Å². The van der Waals surface area contributed by atoms with Crippen LogP contribution in [0.3, 0.4) is 0 Å². The van der Waals surface area contributed by atoms with Crippen molar-refractivity contribution in [1.29, 1.82) is 0 Å². The minimum absolute atomic E-state index is 0.294. The third-order valence-electron chi connectivity index (χ3n) is 2.17. The van der Waals surface area contributed by atoms with Gasteiger partial charge in [0.2, 0.25) is 5.91 Å². The summed E-state index contributed by atoms with van der Waals surface area (Å²) in [5.41, 5.74) is -0.598. The Kier molecular flexibility index (Phi) is 4.08. The topological polar surface area (TPSA) is 74.7 Å². The molecule has 5 nitrogen and oxygen atoms in total. The van der Waals surface area contributed by atoms with Crippen LogP contribution < -0.4 is 0 Å². The maximum absolute atomic E-state index is 11.6. The summed E-state index contributed by atoms with van der Waals surface area (Å²) in [6, 6.07) is 0. The molecule has 0 rings (SSSR count). The molecular formula is C8H17NO4S. The summed E-state index contributed by atoms with van der Waals surface area (Å²) >= 11 is 0. The number of carbonyl (C=O) groups is 1. The fourth-order valence-electron chi connectivity index (χ4n) is 0.971. The van der Waals surface area contributed by atoms with E-state index in [1.807, 2.05) is 6.92 Å². The molecule has 1 amide bonds. The molecule has 1 N–H and O–H groups in total. The first-order valence-corrected chi connectivity index (χ1v) is 5.92. The van der Waals surface area contributed by atoms with Crippen molar-refractivity contribution in [2.75, 3.05) is 12.9 Å². The smallest absolute Gasteiger partial charge is 0.283 e. The van der Waals surface area contributed by atoms with E-state index in [2.05, 4.69) is 0 Å². The van der Waals surface area contributed by atoms with Crippen molar-refractivity contribution in [2.24, 2.45) is 5.41 Å². The van der Waals surface area contributed by atoms with E-state index in [4.69, 9.17) is 4.55 Å². The highest BCUT2D eigenvalue weighted by Crippen LogP contribution is 2.22. The number of hydrogen-bond acceptors (Lipinski definition) is 3. The van der Waals surface area contributed by atoms with Gasteiger partial charge in [0.1, 0.15) is 5.88 Å². The normalized spacial score (nSPS) is 12.6. The maximum Gasteiger partial charge on any atom is 0.283 e. The summed E-state index contributed by atoms with van der Waals surface area (Å²) in [5.74, 6) is -0.951. The average molecular weight is 223 g/mol. The lowest BCUT2D eigenvalue weighted by molar-refractivity contribution is -0.138. The molecular weight excluding hydrogens is 206 g/mol. The molecule has 0 aliphatic rings. The molecule has 0 unspecified atom stereocenters. The van der Waals surface area contributed by atoms with Crippen LogP contribution in [0, 0.1) is 5.41 Å². The van der Waals surface area contributed by atoms with E-state index in [1.54, 1.807) is 13.8 Å². The molecule has 0 aliphatic carbocycles. The van der Waals surface area contributed by atoms with Crippen LogP contribution in [0.4, 0.5) is 0 Å². The molecule has 0 aliphatic heterocycles. The molecule has 0 spiro atoms. The standard InChI is InChI=1S/C8H17NO4S/c1-5-8(2,3)7(10)9(4)6-14(11,12)13/h5-6H2,1-4H3,(H,11,12,13). The molecule has 0 fully saturated rings. The minimum atomic E-state index is -4.13. The van der Waals surface area contributed by atoms with E-state index in [1.165, 1.54) is 7.05 Å². The van der Waals surface area contributed by atoms with Gasteiger partial charge in [-0.15, -0.1) is 0 Å². The lowest BCUT2D eigenvalue weighted by atomic mass is 9.89. The van der Waals surface area contributed by atoms with Gasteiger partial charge in [-0.1, -0.05) is 20.8 Å². The first-order valence-electron chi connectivity index (χ1n) is 4.31. The molecule has 0 atom stereocenters. The van der Waals surface area contributed by atoms with Gasteiger partial charge >= 0.3 is 0 Å². The highest BCUT2D eigenvalue weighted by molar-refractivity contribution is 7.85. The molecule has 0 aromatic carbocycles. The van der Waals surface area contributed by atoms with Crippen LogP contribution >= 0.6 is 0 Å². The first-order chi connectivity index (χ1) is 6.10. The number of amides is 1. The summed E-state index contributed by atoms with van der Waals surface area (Å²) < 4.78 is 29.6. The predicted octanol–water partition coefficient (Wildman–Crippen LogP) is 0.726. The van der Waals surface area contributed by atoms with Crippen molar-refractivity contribution < 1.29 is 17.8 Å². The molecule has 0 saturated carbocycles. The Bertz CT molecular complexity index is 307. The third kappa shape index (κ3) is 4.06. The van der Waals surface area contributed by atoms with Crippen LogP contribution in [0.15, 0.2) is 0 Å². The van der Waals surface area contributed by atoms with Gasteiger partial charge in [-0.05, 0) is 6.42 Å². The van der Waals surface area contributed by atoms with Gasteiger partial charge in [0.05, 0.1) is 0 Å². The SMILES string of the molecule is CCC(C)(C)C(=O)N(C)CS(=O)(=O)O. The largest absolute Gasteiger partial charge is 0.329 e. The molecule has 0 radical (unpaired) electrons. The molecule has 0 aromatic rings. The van der Waals surface area contributed by atoms with Crippen LogP contribution in [-0.4, -0.2) is 36.7 Å². The second-order valence-electron chi connectivity index (χ2n) is 3.95. The fourth-order valence-corrected chi connectivity index (χ4v) is 1.58. The molecule has 0 aromatic heterocycles. The van der Waals surface area contributed by atoms with E-state index in [-0.39, 0.29) is 5.91 Å². The average Bonchev–Trinajstić information content (AvgIpc) is 2.00. The Balaban J connectivity index is 4.57. The molecule has 0 saturated heterocycles. The zero-order valence-corrected chi connectivity index (χ0v) is 9.76. The zero-order valence-electron chi connectivity index (χ0n) is 8.94. The summed E-state index contributed by atoms with van der Waals surface area (Å²) in [7, 11) is -2.78. The van der Waals surface area contributed by atoms with Crippen molar-refractivity contribution in [3.8, 4) is 0 Å². The predicted molar refractivity (Wildman–Crippen MR) is 53.3 cm³/mol. The van der Waals surface area contributed by atoms with Crippen LogP contribution in [0.25, 0.3) is 0 Å². The van der Waals surface area contributed by atoms with Gasteiger partial charge in [0.15, 0.2) is 0 Å². The van der Waals surface area contributed by atoms with Gasteiger partial charge in [-0.3, -0.25) is 9.35 Å². The number of hydrogen-bond donors (Lipinski definition) is 1. The molecule has 6 heteroatoms. The van der Waals surface area contributed by atoms with Crippen LogP contribution in [0.5, 0.6) is 0 Å². The summed E-state index contributed by atoms with van der Waals surface area (Å²) in [6.45, 7) is 5.31. The number of nitrogens with zero attached hydrogens (tertiary/aromatic N) is 1. The van der Waals surface area contributed by atoms with E-state index in [9.17, 15) is 13.2 Å². The van der Waals surface area contributed by atoms with Crippen molar-refractivity contribution in [3.05, 3.63) is 0 Å². The number of rotatable bonds is 4. The quantitative estimate of drug-likeness (QED) is 0.713. The van der Waals surface area contributed by atoms with Crippen molar-refractivity contribution in [3.63, 3.8) is 0 Å². The van der Waals surface area contributed by atoms with E-state index >= 15 is 0 Å². The Morgan fingerprint density at radius 2 is 1.86 bits per heavy atom. The Labute approximate surface area is 84.8 Å². The van der Waals surface area contributed by atoms with Crippen LogP contribution in [0.1, 0.15) is 27.2 Å². The van der Waals surface area contributed by atoms with Crippen molar-refractivity contribution in [2.45, 2.75) is 27.2 Å². The fraction of sp³-hybridized carbons (Fsp3) is 0.875. The van der Waals surface area contributed by atoms with Crippen LogP contribution in [0.2, 0.25) is 0 Å². The maximum atomic E-state index is 11.6. The monoisotopic (exact) mass is 223 g/mol. The first kappa shape index (κ1) is 13.4. The second kappa shape index (κ2) is 4.27. The molecule has 14 heavy (non-hydrogen) atoms. The van der Waals surface area contributed by atoms with Gasteiger partial charge in [0.25, 0.3) is 10.1 Å². The zero-order chi connectivity index (χ0) is 11.6. The second-order valence-corrected chi connectivity index (χ2v) is 5.37. The van der Waals surface area contributed by atoms with Gasteiger partial charge in [-0.25, -0.2) is 0 Å². The lowest BCUT2D eigenvalue weighted by Crippen LogP contribution is -2.40. The molecule has 0 bridgehead atoms. The van der Waals surface area contributed by atoms with Gasteiger partial charge in [-0.2, -0.15) is 8.42 Å². The van der Waals surface area contributed by atoms with E-state index in [0.717, 1.165) is 4.90 Å². The van der Waals surface area contributed by atoms with Gasteiger partial charge in [0, 0.05) is 12.5 Å². The Morgan fingerprint density at radius 3 is 2.14 bits per heavy atom. The molecule has 0 heterocycles. The minimum Gasteiger partial charge on any atom is -0.329 e. The Hall–Kier alpha value is -0.620. The lowest BCUT2D eigenvalue weighted by Gasteiger charge is -2.27. The summed E-state index contributed by atoms with van der Waals surface area (Å²) in [6.07, 6.45) is 0.613. The van der Waals surface area contributed by atoms with Crippen molar-refractivity contribution >= 4 is 16.0 Å². The number of carbonyl (C=O) groups excluding carboxylic acids is 1. The summed E-state index contributed by atoms with van der Waals surface area (Å²) in [4.78, 5) is 12.6. The van der Waals surface area contributed by atoms with E-state index < -0.39 is 21.4 Å². The van der Waals surface area contributed by atoms with E-state index in [0.29, 0.717) is 6.42 Å². The Morgan fingerprint density at radius 1 is 1.43 bits per heavy atom. The highest BCUT2D eigenvalue weighted by Gasteiger charge is 2.29. The highest BCUT2D eigenvalue weighted by atomic mass is 32.2. The third-order valence-corrected chi connectivity index (χ3v) is 2.88. The van der Waals surface area contributed by atoms with Crippen LogP contribution in [-0.2, 0) is 14.9 Å². The summed E-state index contributed by atoms with van der Waals surface area (Å²) in [5, 5.41) is 0.